The number of nitrogens with one attached hydrogen (secondary N) is 1. The van der Waals surface area contributed by atoms with Gasteiger partial charge >= 0.3 is 0 Å². The Labute approximate surface area is 104 Å². The van der Waals surface area contributed by atoms with E-state index in [-0.39, 0.29) is 17.9 Å². The lowest BCUT2D eigenvalue weighted by Gasteiger charge is -2.31. The van der Waals surface area contributed by atoms with Gasteiger partial charge in [0.2, 0.25) is 0 Å². The summed E-state index contributed by atoms with van der Waals surface area (Å²) in [5, 5.41) is 3.54. The van der Waals surface area contributed by atoms with E-state index >= 15 is 0 Å². The second-order valence-corrected chi connectivity index (χ2v) is 4.91. The average Bonchev–Trinajstić information content (AvgIpc) is 2.15. The van der Waals surface area contributed by atoms with Crippen molar-refractivity contribution in [2.45, 2.75) is 39.7 Å². The van der Waals surface area contributed by atoms with Crippen LogP contribution < -0.4 is 5.32 Å². The number of aryl methyl sites for hydroxylation is 1. The van der Waals surface area contributed by atoms with Crippen molar-refractivity contribution in [1.29, 1.82) is 0 Å². The zero-order chi connectivity index (χ0) is 11.1. The minimum Gasteiger partial charge on any atom is -0.376 e. The van der Waals surface area contributed by atoms with E-state index in [2.05, 4.69) is 57.3 Å². The number of benzene rings is 1. The van der Waals surface area contributed by atoms with Crippen molar-refractivity contribution in [3.05, 3.63) is 35.4 Å². The van der Waals surface area contributed by atoms with Crippen LogP contribution in [0.3, 0.4) is 0 Å². The summed E-state index contributed by atoms with van der Waals surface area (Å²) in [6.45, 7) is 8.79. The van der Waals surface area contributed by atoms with E-state index in [1.54, 1.807) is 0 Å². The topological polar surface area (TPSA) is 12.0 Å². The van der Waals surface area contributed by atoms with Gasteiger partial charge in [0.25, 0.3) is 0 Å². The first-order chi connectivity index (χ1) is 7.02. The molecule has 0 aromatic heterocycles. The molecular formula is C14H20ClN. The predicted octanol–water partition coefficient (Wildman–Crippen LogP) is 4.28. The molecule has 1 aliphatic rings. The Morgan fingerprint density at radius 2 is 1.94 bits per heavy atom. The Morgan fingerprint density at radius 1 is 1.25 bits per heavy atom. The zero-order valence-corrected chi connectivity index (χ0v) is 11.2. The van der Waals surface area contributed by atoms with Crippen LogP contribution in [0.25, 0.3) is 5.57 Å². The normalized spacial score (nSPS) is 16.6. The molecule has 0 saturated heterocycles. The number of hydrogen-bond acceptors (Lipinski definition) is 1. The van der Waals surface area contributed by atoms with Gasteiger partial charge in [0.1, 0.15) is 0 Å². The standard InChI is InChI=1S/C14H19N.ClH/c1-5-11-6-7-13-12(8-11)10(2)9-14(3,4)15-13;/h6-9,15H,5H2,1-4H3;1H. The first kappa shape index (κ1) is 13.1. The van der Waals surface area contributed by atoms with Crippen LogP contribution >= 0.6 is 12.4 Å². The molecule has 0 aliphatic carbocycles. The molecule has 0 radical (unpaired) electrons. The van der Waals surface area contributed by atoms with Gasteiger partial charge in [0.05, 0.1) is 5.54 Å². The molecule has 1 aliphatic heterocycles. The van der Waals surface area contributed by atoms with Crippen LogP contribution in [0.15, 0.2) is 24.3 Å². The smallest absolute Gasteiger partial charge is 0.0505 e. The average molecular weight is 238 g/mol. The van der Waals surface area contributed by atoms with Gasteiger partial charge in [-0.05, 0) is 50.5 Å². The number of allylic oxidation sites excluding steroid dienone is 1. The van der Waals surface area contributed by atoms with Crippen LogP contribution in [0.4, 0.5) is 5.69 Å². The quantitative estimate of drug-likeness (QED) is 0.769. The Morgan fingerprint density at radius 3 is 2.56 bits per heavy atom. The van der Waals surface area contributed by atoms with Crippen LogP contribution in [0.1, 0.15) is 38.8 Å². The second-order valence-electron chi connectivity index (χ2n) is 4.91. The fourth-order valence-corrected chi connectivity index (χ4v) is 2.25. The fourth-order valence-electron chi connectivity index (χ4n) is 2.25. The maximum atomic E-state index is 3.54. The summed E-state index contributed by atoms with van der Waals surface area (Å²) >= 11 is 0. The number of fused-ring (bicyclic) bond motifs is 1. The van der Waals surface area contributed by atoms with Crippen LogP contribution in [0.2, 0.25) is 0 Å². The number of hydrogen-bond donors (Lipinski definition) is 1. The lowest BCUT2D eigenvalue weighted by Crippen LogP contribution is -2.31. The molecule has 0 unspecified atom stereocenters. The summed E-state index contributed by atoms with van der Waals surface area (Å²) in [7, 11) is 0. The van der Waals surface area contributed by atoms with E-state index in [9.17, 15) is 0 Å². The largest absolute Gasteiger partial charge is 0.376 e. The third-order valence-corrected chi connectivity index (χ3v) is 2.95. The highest BCUT2D eigenvalue weighted by Crippen LogP contribution is 2.33. The first-order valence-corrected chi connectivity index (χ1v) is 5.63. The maximum Gasteiger partial charge on any atom is 0.0505 e. The van der Waals surface area contributed by atoms with E-state index in [0.29, 0.717) is 0 Å². The Balaban J connectivity index is 0.00000128. The number of halogens is 1. The minimum absolute atomic E-state index is 0. The molecule has 88 valence electrons. The van der Waals surface area contributed by atoms with Crippen molar-refractivity contribution in [2.24, 2.45) is 0 Å². The molecule has 0 saturated carbocycles. The van der Waals surface area contributed by atoms with E-state index in [4.69, 9.17) is 0 Å². The summed E-state index contributed by atoms with van der Waals surface area (Å²) in [4.78, 5) is 0. The number of rotatable bonds is 1. The molecule has 2 heteroatoms. The lowest BCUT2D eigenvalue weighted by atomic mass is 9.90. The van der Waals surface area contributed by atoms with Crippen LogP contribution in [0, 0.1) is 0 Å². The van der Waals surface area contributed by atoms with Gasteiger partial charge in [-0.2, -0.15) is 0 Å². The van der Waals surface area contributed by atoms with Gasteiger partial charge in [-0.3, -0.25) is 0 Å². The summed E-state index contributed by atoms with van der Waals surface area (Å²) < 4.78 is 0. The van der Waals surface area contributed by atoms with E-state index in [1.807, 2.05) is 0 Å². The highest BCUT2D eigenvalue weighted by molar-refractivity contribution is 5.85. The molecule has 0 bridgehead atoms. The molecule has 0 fully saturated rings. The highest BCUT2D eigenvalue weighted by atomic mass is 35.5. The van der Waals surface area contributed by atoms with Crippen LogP contribution in [0.5, 0.6) is 0 Å². The summed E-state index contributed by atoms with van der Waals surface area (Å²) in [6, 6.07) is 6.70. The van der Waals surface area contributed by atoms with Crippen LogP contribution in [-0.4, -0.2) is 5.54 Å². The number of anilines is 1. The molecule has 1 aromatic carbocycles. The third-order valence-electron chi connectivity index (χ3n) is 2.95. The van der Waals surface area contributed by atoms with Crippen molar-refractivity contribution in [3.8, 4) is 0 Å². The van der Waals surface area contributed by atoms with E-state index in [1.165, 1.54) is 22.4 Å². The van der Waals surface area contributed by atoms with E-state index < -0.39 is 0 Å². The van der Waals surface area contributed by atoms with Crippen molar-refractivity contribution in [1.82, 2.24) is 0 Å². The van der Waals surface area contributed by atoms with Crippen LogP contribution in [-0.2, 0) is 6.42 Å². The predicted molar refractivity (Wildman–Crippen MR) is 74.4 cm³/mol. The summed E-state index contributed by atoms with van der Waals surface area (Å²) in [6.07, 6.45) is 3.40. The molecule has 2 rings (SSSR count). The lowest BCUT2D eigenvalue weighted by molar-refractivity contribution is 0.707. The zero-order valence-electron chi connectivity index (χ0n) is 10.4. The second kappa shape index (κ2) is 4.50. The molecule has 0 spiro atoms. The van der Waals surface area contributed by atoms with Gasteiger partial charge < -0.3 is 5.32 Å². The molecule has 1 aromatic rings. The highest BCUT2D eigenvalue weighted by Gasteiger charge is 2.21. The first-order valence-electron chi connectivity index (χ1n) is 5.63. The van der Waals surface area contributed by atoms with Crippen molar-refractivity contribution >= 4 is 23.7 Å². The van der Waals surface area contributed by atoms with Gasteiger partial charge in [0.15, 0.2) is 0 Å². The molecule has 1 N–H and O–H groups in total. The molecule has 1 nitrogen and oxygen atoms in total. The summed E-state index contributed by atoms with van der Waals surface area (Å²) in [5.74, 6) is 0. The molecule has 1 heterocycles. The minimum atomic E-state index is 0. The van der Waals surface area contributed by atoms with Gasteiger partial charge in [-0.15, -0.1) is 12.4 Å². The van der Waals surface area contributed by atoms with Gasteiger partial charge in [-0.25, -0.2) is 0 Å². The van der Waals surface area contributed by atoms with Crippen molar-refractivity contribution in [2.75, 3.05) is 5.32 Å². The molecule has 16 heavy (non-hydrogen) atoms. The monoisotopic (exact) mass is 237 g/mol. The van der Waals surface area contributed by atoms with Crippen molar-refractivity contribution < 1.29 is 0 Å². The Hall–Kier alpha value is -0.950. The molecule has 0 amide bonds. The Bertz CT molecular complexity index is 419. The molecule has 0 atom stereocenters. The SMILES string of the molecule is CCc1ccc2c(c1)C(C)=CC(C)(C)N2.Cl. The Kier molecular flexibility index (Phi) is 3.69. The van der Waals surface area contributed by atoms with Gasteiger partial charge in [-0.1, -0.05) is 19.1 Å². The molecular weight excluding hydrogens is 218 g/mol. The maximum absolute atomic E-state index is 3.54. The van der Waals surface area contributed by atoms with Crippen molar-refractivity contribution in [3.63, 3.8) is 0 Å². The van der Waals surface area contributed by atoms with E-state index in [0.717, 1.165) is 6.42 Å². The fraction of sp³-hybridized carbons (Fsp3) is 0.429. The van der Waals surface area contributed by atoms with Gasteiger partial charge in [0, 0.05) is 11.3 Å². The summed E-state index contributed by atoms with van der Waals surface area (Å²) in [5.41, 5.74) is 5.48. The third kappa shape index (κ3) is 2.41.